The highest BCUT2D eigenvalue weighted by molar-refractivity contribution is 6.30. The molecule has 0 saturated carbocycles. The van der Waals surface area contributed by atoms with Gasteiger partial charge in [-0.25, -0.2) is 14.4 Å². The minimum absolute atomic E-state index is 0.409. The number of aromatic nitrogens is 2. The van der Waals surface area contributed by atoms with E-state index >= 15 is 0 Å². The molecule has 0 N–H and O–H groups in total. The van der Waals surface area contributed by atoms with Crippen LogP contribution in [-0.2, 0) is 0 Å². The first-order valence-corrected chi connectivity index (χ1v) is 6.83. The zero-order valence-electron chi connectivity index (χ0n) is 10.8. The van der Waals surface area contributed by atoms with Gasteiger partial charge in [0.05, 0.1) is 12.4 Å². The molecule has 20 heavy (non-hydrogen) atoms. The summed E-state index contributed by atoms with van der Waals surface area (Å²) < 4.78 is 12.8. The van der Waals surface area contributed by atoms with Crippen molar-refractivity contribution in [1.82, 2.24) is 9.97 Å². The molecule has 0 amide bonds. The van der Waals surface area contributed by atoms with Crippen LogP contribution in [0.4, 0.5) is 16.0 Å². The molecule has 0 bridgehead atoms. The van der Waals surface area contributed by atoms with Gasteiger partial charge in [-0.15, -0.1) is 0 Å². The van der Waals surface area contributed by atoms with Gasteiger partial charge in [0.25, 0.3) is 0 Å². The molecule has 0 aliphatic carbocycles. The first kappa shape index (κ1) is 13.1. The Morgan fingerprint density at radius 3 is 2.05 bits per heavy atom. The molecule has 0 radical (unpaired) electrons. The molecule has 1 aliphatic rings. The van der Waals surface area contributed by atoms with E-state index in [0.717, 1.165) is 36.9 Å². The second-order valence-corrected chi connectivity index (χ2v) is 5.09. The Bertz CT molecular complexity index is 511. The van der Waals surface area contributed by atoms with Crippen LogP contribution in [0.5, 0.6) is 0 Å². The smallest absolute Gasteiger partial charge is 0.225 e. The molecule has 2 heterocycles. The number of piperazine rings is 1. The number of anilines is 2. The van der Waals surface area contributed by atoms with Crippen LogP contribution in [0.2, 0.25) is 5.02 Å². The first-order chi connectivity index (χ1) is 9.72. The Morgan fingerprint density at radius 1 is 0.900 bits per heavy atom. The third-order valence-electron chi connectivity index (χ3n) is 3.36. The molecule has 2 aromatic rings. The van der Waals surface area contributed by atoms with Crippen LogP contribution in [-0.4, -0.2) is 36.1 Å². The van der Waals surface area contributed by atoms with Gasteiger partial charge >= 0.3 is 0 Å². The summed E-state index contributed by atoms with van der Waals surface area (Å²) in [5, 5.41) is 0.743. The lowest BCUT2D eigenvalue weighted by atomic mass is 10.2. The van der Waals surface area contributed by atoms with Gasteiger partial charge in [0.15, 0.2) is 5.82 Å². The van der Waals surface area contributed by atoms with E-state index in [1.807, 2.05) is 24.3 Å². The predicted octanol–water partition coefficient (Wildman–Crippen LogP) is 2.60. The van der Waals surface area contributed by atoms with Gasteiger partial charge in [-0.1, -0.05) is 11.6 Å². The van der Waals surface area contributed by atoms with Gasteiger partial charge in [0.1, 0.15) is 0 Å². The highest BCUT2D eigenvalue weighted by atomic mass is 35.5. The lowest BCUT2D eigenvalue weighted by molar-refractivity contribution is 0.602. The molecular formula is C14H14ClFN4. The van der Waals surface area contributed by atoms with Crippen LogP contribution < -0.4 is 9.80 Å². The van der Waals surface area contributed by atoms with E-state index in [1.165, 1.54) is 12.4 Å². The summed E-state index contributed by atoms with van der Waals surface area (Å²) in [6.45, 7) is 3.38. The van der Waals surface area contributed by atoms with E-state index in [4.69, 9.17) is 11.6 Å². The molecule has 1 aliphatic heterocycles. The summed E-state index contributed by atoms with van der Waals surface area (Å²) in [6.07, 6.45) is 2.40. The number of halogens is 2. The fraction of sp³-hybridized carbons (Fsp3) is 0.286. The first-order valence-electron chi connectivity index (χ1n) is 6.45. The number of rotatable bonds is 2. The predicted molar refractivity (Wildman–Crippen MR) is 77.9 cm³/mol. The molecule has 1 aromatic carbocycles. The van der Waals surface area contributed by atoms with Crippen LogP contribution in [0.25, 0.3) is 0 Å². The van der Waals surface area contributed by atoms with E-state index in [2.05, 4.69) is 19.8 Å². The molecule has 1 saturated heterocycles. The molecule has 104 valence electrons. The van der Waals surface area contributed by atoms with E-state index in [9.17, 15) is 4.39 Å². The molecule has 0 unspecified atom stereocenters. The van der Waals surface area contributed by atoms with Crippen molar-refractivity contribution in [2.75, 3.05) is 36.0 Å². The van der Waals surface area contributed by atoms with Crippen molar-refractivity contribution in [1.29, 1.82) is 0 Å². The highest BCUT2D eigenvalue weighted by Crippen LogP contribution is 2.20. The van der Waals surface area contributed by atoms with Crippen molar-refractivity contribution >= 4 is 23.2 Å². The Labute approximate surface area is 121 Å². The zero-order valence-corrected chi connectivity index (χ0v) is 11.6. The second-order valence-electron chi connectivity index (χ2n) is 4.65. The lowest BCUT2D eigenvalue weighted by Gasteiger charge is -2.36. The van der Waals surface area contributed by atoms with E-state index in [0.29, 0.717) is 5.95 Å². The van der Waals surface area contributed by atoms with E-state index in [-0.39, 0.29) is 0 Å². The maximum atomic E-state index is 12.8. The Balaban J connectivity index is 1.64. The van der Waals surface area contributed by atoms with Gasteiger partial charge in [0, 0.05) is 36.9 Å². The molecule has 1 fully saturated rings. The number of hydrogen-bond donors (Lipinski definition) is 0. The summed E-state index contributed by atoms with van der Waals surface area (Å²) in [6, 6.07) is 7.83. The molecular weight excluding hydrogens is 279 g/mol. The molecule has 3 rings (SSSR count). The monoisotopic (exact) mass is 292 g/mol. The fourth-order valence-corrected chi connectivity index (χ4v) is 2.41. The maximum Gasteiger partial charge on any atom is 0.225 e. The largest absolute Gasteiger partial charge is 0.368 e. The Morgan fingerprint density at radius 2 is 1.45 bits per heavy atom. The van der Waals surface area contributed by atoms with Crippen molar-refractivity contribution in [3.05, 3.63) is 47.5 Å². The van der Waals surface area contributed by atoms with Crippen LogP contribution in [0.15, 0.2) is 36.7 Å². The molecule has 6 heteroatoms. The van der Waals surface area contributed by atoms with Crippen molar-refractivity contribution in [3.8, 4) is 0 Å². The standard InChI is InChI=1S/C14H14ClFN4/c15-11-1-3-13(4-2-11)19-5-7-20(8-6-19)14-17-9-12(16)10-18-14/h1-4,9-10H,5-8H2. The van der Waals surface area contributed by atoms with Crippen LogP contribution >= 0.6 is 11.6 Å². The summed E-state index contributed by atoms with van der Waals surface area (Å²) in [5.74, 6) is 0.177. The number of hydrogen-bond acceptors (Lipinski definition) is 4. The molecule has 0 spiro atoms. The van der Waals surface area contributed by atoms with Crippen LogP contribution in [0.1, 0.15) is 0 Å². The average molecular weight is 293 g/mol. The second kappa shape index (κ2) is 5.63. The topological polar surface area (TPSA) is 32.3 Å². The normalized spacial score (nSPS) is 15.5. The molecule has 0 atom stereocenters. The molecule has 1 aromatic heterocycles. The van der Waals surface area contributed by atoms with Gasteiger partial charge < -0.3 is 9.80 Å². The SMILES string of the molecule is Fc1cnc(N2CCN(c3ccc(Cl)cc3)CC2)nc1. The lowest BCUT2D eigenvalue weighted by Crippen LogP contribution is -2.47. The summed E-state index contributed by atoms with van der Waals surface area (Å²) in [5.41, 5.74) is 1.16. The fourth-order valence-electron chi connectivity index (χ4n) is 2.29. The number of nitrogens with zero attached hydrogens (tertiary/aromatic N) is 4. The Kier molecular flexibility index (Phi) is 3.69. The average Bonchev–Trinajstić information content (AvgIpc) is 2.49. The summed E-state index contributed by atoms with van der Waals surface area (Å²) >= 11 is 5.89. The number of benzene rings is 1. The molecule has 4 nitrogen and oxygen atoms in total. The van der Waals surface area contributed by atoms with E-state index in [1.54, 1.807) is 0 Å². The summed E-state index contributed by atoms with van der Waals surface area (Å²) in [7, 11) is 0. The van der Waals surface area contributed by atoms with Gasteiger partial charge in [0.2, 0.25) is 5.95 Å². The van der Waals surface area contributed by atoms with Crippen molar-refractivity contribution in [2.24, 2.45) is 0 Å². The van der Waals surface area contributed by atoms with Crippen LogP contribution in [0.3, 0.4) is 0 Å². The third-order valence-corrected chi connectivity index (χ3v) is 3.61. The minimum Gasteiger partial charge on any atom is -0.368 e. The maximum absolute atomic E-state index is 12.8. The Hall–Kier alpha value is -1.88. The van der Waals surface area contributed by atoms with Gasteiger partial charge in [-0.3, -0.25) is 0 Å². The third kappa shape index (κ3) is 2.82. The van der Waals surface area contributed by atoms with Crippen molar-refractivity contribution in [3.63, 3.8) is 0 Å². The quantitative estimate of drug-likeness (QED) is 0.852. The minimum atomic E-state index is -0.409. The zero-order chi connectivity index (χ0) is 13.9. The van der Waals surface area contributed by atoms with Gasteiger partial charge in [-0.05, 0) is 24.3 Å². The van der Waals surface area contributed by atoms with Crippen molar-refractivity contribution < 1.29 is 4.39 Å². The van der Waals surface area contributed by atoms with Gasteiger partial charge in [-0.2, -0.15) is 0 Å². The highest BCUT2D eigenvalue weighted by Gasteiger charge is 2.19. The van der Waals surface area contributed by atoms with E-state index < -0.39 is 5.82 Å². The van der Waals surface area contributed by atoms with Crippen molar-refractivity contribution in [2.45, 2.75) is 0 Å². The summed E-state index contributed by atoms with van der Waals surface area (Å²) in [4.78, 5) is 12.4. The van der Waals surface area contributed by atoms with Crippen LogP contribution in [0, 0.1) is 5.82 Å².